The zero-order valence-corrected chi connectivity index (χ0v) is 12.5. The fraction of sp³-hybridized carbons (Fsp3) is 0.375. The second kappa shape index (κ2) is 6.29. The van der Waals surface area contributed by atoms with Gasteiger partial charge in [-0.05, 0) is 12.6 Å². The first-order valence-electron chi connectivity index (χ1n) is 7.38. The number of rotatable bonds is 3. The molecule has 1 aliphatic heterocycles. The SMILES string of the molecule is CN1CCN(C(=O)[C@H](O)c2ccccc2)C[C@H]1c1ncc[nH]1. The maximum Gasteiger partial charge on any atom is 0.256 e. The maximum atomic E-state index is 12.5. The first-order valence-corrected chi connectivity index (χ1v) is 7.38. The van der Waals surface area contributed by atoms with Crippen LogP contribution in [-0.4, -0.2) is 57.5 Å². The third kappa shape index (κ3) is 2.88. The highest BCUT2D eigenvalue weighted by atomic mass is 16.3. The monoisotopic (exact) mass is 300 g/mol. The van der Waals surface area contributed by atoms with E-state index in [9.17, 15) is 9.90 Å². The van der Waals surface area contributed by atoms with Crippen molar-refractivity contribution < 1.29 is 9.90 Å². The Hall–Kier alpha value is -2.18. The molecule has 2 aromatic rings. The Bertz CT molecular complexity index is 614. The number of imidazole rings is 1. The van der Waals surface area contributed by atoms with Gasteiger partial charge >= 0.3 is 0 Å². The van der Waals surface area contributed by atoms with Crippen molar-refractivity contribution in [3.8, 4) is 0 Å². The number of nitrogens with one attached hydrogen (secondary N) is 1. The van der Waals surface area contributed by atoms with Gasteiger partial charge in [0.2, 0.25) is 0 Å². The third-order valence-electron chi connectivity index (χ3n) is 4.14. The molecule has 0 saturated carbocycles. The quantitative estimate of drug-likeness (QED) is 0.885. The number of hydrogen-bond acceptors (Lipinski definition) is 4. The molecule has 0 spiro atoms. The minimum Gasteiger partial charge on any atom is -0.378 e. The second-order valence-electron chi connectivity index (χ2n) is 5.57. The number of nitrogens with zero attached hydrogens (tertiary/aromatic N) is 3. The fourth-order valence-electron chi connectivity index (χ4n) is 2.78. The van der Waals surface area contributed by atoms with Gasteiger partial charge in [0, 0.05) is 32.0 Å². The largest absolute Gasteiger partial charge is 0.378 e. The summed E-state index contributed by atoms with van der Waals surface area (Å²) in [7, 11) is 2.02. The Morgan fingerprint density at radius 2 is 2.14 bits per heavy atom. The number of benzene rings is 1. The molecule has 1 amide bonds. The first kappa shape index (κ1) is 14.7. The lowest BCUT2D eigenvalue weighted by molar-refractivity contribution is -0.143. The molecule has 2 heterocycles. The number of aromatic nitrogens is 2. The van der Waals surface area contributed by atoms with Crippen molar-refractivity contribution in [1.29, 1.82) is 0 Å². The molecule has 116 valence electrons. The lowest BCUT2D eigenvalue weighted by Crippen LogP contribution is -2.50. The smallest absolute Gasteiger partial charge is 0.256 e. The van der Waals surface area contributed by atoms with Crippen LogP contribution in [0.5, 0.6) is 0 Å². The average Bonchev–Trinajstić information content (AvgIpc) is 3.09. The summed E-state index contributed by atoms with van der Waals surface area (Å²) in [5.41, 5.74) is 0.626. The van der Waals surface area contributed by atoms with E-state index in [2.05, 4.69) is 14.9 Å². The Kier molecular flexibility index (Phi) is 4.22. The molecule has 3 rings (SSSR count). The minimum absolute atomic E-state index is 0.0238. The summed E-state index contributed by atoms with van der Waals surface area (Å²) in [5.74, 6) is 0.588. The molecular formula is C16H20N4O2. The normalized spacial score (nSPS) is 20.8. The van der Waals surface area contributed by atoms with E-state index in [0.29, 0.717) is 18.7 Å². The zero-order chi connectivity index (χ0) is 15.5. The first-order chi connectivity index (χ1) is 10.7. The second-order valence-corrected chi connectivity index (χ2v) is 5.57. The van der Waals surface area contributed by atoms with Crippen LogP contribution >= 0.6 is 0 Å². The third-order valence-corrected chi connectivity index (χ3v) is 4.14. The van der Waals surface area contributed by atoms with E-state index in [1.807, 2.05) is 25.2 Å². The Morgan fingerprint density at radius 3 is 2.82 bits per heavy atom. The molecule has 0 bridgehead atoms. The molecule has 6 heteroatoms. The van der Waals surface area contributed by atoms with Crippen LogP contribution in [-0.2, 0) is 4.79 Å². The molecule has 2 N–H and O–H groups in total. The highest BCUT2D eigenvalue weighted by Crippen LogP contribution is 2.24. The summed E-state index contributed by atoms with van der Waals surface area (Å²) in [6.07, 6.45) is 2.38. The van der Waals surface area contributed by atoms with E-state index >= 15 is 0 Å². The number of aliphatic hydroxyl groups excluding tert-OH is 1. The minimum atomic E-state index is -1.11. The van der Waals surface area contributed by atoms with E-state index in [0.717, 1.165) is 12.4 Å². The van der Waals surface area contributed by atoms with Crippen molar-refractivity contribution in [2.45, 2.75) is 12.1 Å². The molecule has 1 aromatic heterocycles. The van der Waals surface area contributed by atoms with E-state index in [-0.39, 0.29) is 11.9 Å². The summed E-state index contributed by atoms with van der Waals surface area (Å²) in [6.45, 7) is 1.88. The molecule has 6 nitrogen and oxygen atoms in total. The van der Waals surface area contributed by atoms with Crippen molar-refractivity contribution in [2.75, 3.05) is 26.7 Å². The van der Waals surface area contributed by atoms with Crippen molar-refractivity contribution >= 4 is 5.91 Å². The van der Waals surface area contributed by atoms with E-state index in [1.165, 1.54) is 0 Å². The van der Waals surface area contributed by atoms with Gasteiger partial charge < -0.3 is 15.0 Å². The van der Waals surface area contributed by atoms with Crippen molar-refractivity contribution in [1.82, 2.24) is 19.8 Å². The zero-order valence-electron chi connectivity index (χ0n) is 12.5. The molecule has 1 aliphatic rings. The Labute approximate surface area is 129 Å². The van der Waals surface area contributed by atoms with E-state index < -0.39 is 6.10 Å². The predicted molar refractivity (Wildman–Crippen MR) is 81.9 cm³/mol. The lowest BCUT2D eigenvalue weighted by Gasteiger charge is -2.39. The van der Waals surface area contributed by atoms with Gasteiger partial charge in [0.25, 0.3) is 5.91 Å². The number of aliphatic hydroxyl groups is 1. The summed E-state index contributed by atoms with van der Waals surface area (Å²) in [6, 6.07) is 9.06. The number of aromatic amines is 1. The van der Waals surface area contributed by atoms with Crippen LogP contribution in [0.2, 0.25) is 0 Å². The van der Waals surface area contributed by atoms with E-state index in [1.54, 1.807) is 29.4 Å². The molecule has 0 aliphatic carbocycles. The molecule has 1 fully saturated rings. The highest BCUT2D eigenvalue weighted by molar-refractivity contribution is 5.82. The van der Waals surface area contributed by atoms with E-state index in [4.69, 9.17) is 0 Å². The van der Waals surface area contributed by atoms with Gasteiger partial charge in [-0.1, -0.05) is 30.3 Å². The number of amides is 1. The number of hydrogen-bond donors (Lipinski definition) is 2. The van der Waals surface area contributed by atoms with Crippen LogP contribution < -0.4 is 0 Å². The molecular weight excluding hydrogens is 280 g/mol. The van der Waals surface area contributed by atoms with Gasteiger partial charge in [0.1, 0.15) is 5.82 Å². The van der Waals surface area contributed by atoms with Gasteiger partial charge in [-0.15, -0.1) is 0 Å². The summed E-state index contributed by atoms with van der Waals surface area (Å²) in [5, 5.41) is 10.3. The van der Waals surface area contributed by atoms with Crippen LogP contribution in [0, 0.1) is 0 Å². The maximum absolute atomic E-state index is 12.5. The Morgan fingerprint density at radius 1 is 1.36 bits per heavy atom. The van der Waals surface area contributed by atoms with Crippen molar-refractivity contribution in [3.05, 3.63) is 54.1 Å². The molecule has 1 saturated heterocycles. The summed E-state index contributed by atoms with van der Waals surface area (Å²) >= 11 is 0. The van der Waals surface area contributed by atoms with Gasteiger partial charge in [-0.3, -0.25) is 9.69 Å². The standard InChI is InChI=1S/C16H20N4O2/c1-19-9-10-20(11-13(19)15-17-7-8-18-15)16(22)14(21)12-5-3-2-4-6-12/h2-8,13-14,21H,9-11H2,1H3,(H,17,18)/t13-,14+/m0/s1. The summed E-state index contributed by atoms with van der Waals surface area (Å²) < 4.78 is 0. The highest BCUT2D eigenvalue weighted by Gasteiger charge is 2.32. The van der Waals surface area contributed by atoms with Crippen LogP contribution in [0.4, 0.5) is 0 Å². The van der Waals surface area contributed by atoms with Gasteiger partial charge in [-0.25, -0.2) is 4.98 Å². The fourth-order valence-corrected chi connectivity index (χ4v) is 2.78. The number of carbonyl (C=O) groups is 1. The van der Waals surface area contributed by atoms with Crippen LogP contribution in [0.15, 0.2) is 42.7 Å². The predicted octanol–water partition coefficient (Wildman–Crippen LogP) is 0.958. The molecule has 0 unspecified atom stereocenters. The van der Waals surface area contributed by atoms with Gasteiger partial charge in [0.05, 0.1) is 6.04 Å². The van der Waals surface area contributed by atoms with Gasteiger partial charge in [0.15, 0.2) is 6.10 Å². The number of piperazine rings is 1. The van der Waals surface area contributed by atoms with Crippen molar-refractivity contribution in [3.63, 3.8) is 0 Å². The Balaban J connectivity index is 1.73. The molecule has 0 radical (unpaired) electrons. The van der Waals surface area contributed by atoms with Crippen LogP contribution in [0.1, 0.15) is 23.5 Å². The van der Waals surface area contributed by atoms with Crippen LogP contribution in [0.3, 0.4) is 0 Å². The van der Waals surface area contributed by atoms with Crippen molar-refractivity contribution in [2.24, 2.45) is 0 Å². The average molecular weight is 300 g/mol. The number of H-pyrrole nitrogens is 1. The van der Waals surface area contributed by atoms with Gasteiger partial charge in [-0.2, -0.15) is 0 Å². The summed E-state index contributed by atoms with van der Waals surface area (Å²) in [4.78, 5) is 23.8. The topological polar surface area (TPSA) is 72.5 Å². The lowest BCUT2D eigenvalue weighted by atomic mass is 10.1. The molecule has 1 aromatic carbocycles. The number of likely N-dealkylation sites (N-methyl/N-ethyl adjacent to an activating group) is 1. The molecule has 22 heavy (non-hydrogen) atoms. The molecule has 2 atom stereocenters. The number of carbonyl (C=O) groups excluding carboxylic acids is 1. The van der Waals surface area contributed by atoms with Crippen LogP contribution in [0.25, 0.3) is 0 Å².